The summed E-state index contributed by atoms with van der Waals surface area (Å²) in [6.45, 7) is 10.2. The van der Waals surface area contributed by atoms with Gasteiger partial charge in [-0.15, -0.1) is 0 Å². The Morgan fingerprint density at radius 2 is 1.38 bits per heavy atom. The fourth-order valence-corrected chi connectivity index (χ4v) is 2.63. The molecule has 0 amide bonds. The molecule has 0 aliphatic rings. The molecule has 1 rings (SSSR count). The van der Waals surface area contributed by atoms with E-state index in [0.717, 1.165) is 5.56 Å². The average Bonchev–Trinajstić information content (AvgIpc) is 2.47. The van der Waals surface area contributed by atoms with Crippen LogP contribution in [0.15, 0.2) is 12.2 Å². The summed E-state index contributed by atoms with van der Waals surface area (Å²) in [6, 6.07) is 0. The lowest BCUT2D eigenvalue weighted by molar-refractivity contribution is -0.0131. The van der Waals surface area contributed by atoms with E-state index in [4.69, 9.17) is 18.9 Å². The minimum absolute atomic E-state index is 0.0229. The van der Waals surface area contributed by atoms with Crippen LogP contribution in [0.5, 0.6) is 11.5 Å². The number of allylic oxidation sites excluding steroid dienone is 1. The first kappa shape index (κ1) is 20.4. The molecule has 136 valence electrons. The van der Waals surface area contributed by atoms with Crippen LogP contribution < -0.4 is 9.47 Å². The lowest BCUT2D eigenvalue weighted by Crippen LogP contribution is -2.20. The van der Waals surface area contributed by atoms with Crippen LogP contribution in [-0.2, 0) is 15.4 Å². The highest BCUT2D eigenvalue weighted by Gasteiger charge is 2.39. The molecule has 0 saturated carbocycles. The van der Waals surface area contributed by atoms with Gasteiger partial charge in [-0.2, -0.15) is 0 Å². The first-order chi connectivity index (χ1) is 11.2. The Hall–Kier alpha value is -1.66. The first-order valence-corrected chi connectivity index (χ1v) is 7.57. The second-order valence-corrected chi connectivity index (χ2v) is 5.85. The molecule has 0 N–H and O–H groups in total. The molecule has 1 aromatic carbocycles. The van der Waals surface area contributed by atoms with Crippen molar-refractivity contribution < 1.29 is 27.7 Å². The van der Waals surface area contributed by atoms with Gasteiger partial charge in [-0.25, -0.2) is 8.78 Å². The van der Waals surface area contributed by atoms with Gasteiger partial charge in [0.1, 0.15) is 11.5 Å². The summed E-state index contributed by atoms with van der Waals surface area (Å²) in [5.41, 5.74) is 1.82. The molecule has 0 spiro atoms. The van der Waals surface area contributed by atoms with E-state index >= 15 is 0 Å². The number of hydrogen-bond acceptors (Lipinski definition) is 4. The van der Waals surface area contributed by atoms with E-state index in [2.05, 4.69) is 6.58 Å². The number of methoxy groups -OCH3 is 2. The molecule has 0 heterocycles. The molecule has 4 nitrogen and oxygen atoms in total. The molecule has 0 unspecified atom stereocenters. The predicted octanol–water partition coefficient (Wildman–Crippen LogP) is 4.64. The first-order valence-electron chi connectivity index (χ1n) is 7.57. The van der Waals surface area contributed by atoms with Crippen LogP contribution in [0, 0.1) is 20.8 Å². The summed E-state index contributed by atoms with van der Waals surface area (Å²) in [5.74, 6) is -2.62. The Labute approximate surface area is 142 Å². The summed E-state index contributed by atoms with van der Waals surface area (Å²) in [5, 5.41) is 0. The number of alkyl halides is 2. The van der Waals surface area contributed by atoms with Gasteiger partial charge < -0.3 is 18.9 Å². The summed E-state index contributed by atoms with van der Waals surface area (Å²) in [6.07, 6.45) is -0.469. The summed E-state index contributed by atoms with van der Waals surface area (Å²) in [7, 11) is 2.92. The van der Waals surface area contributed by atoms with Gasteiger partial charge in [0.2, 0.25) is 0 Å². The third-order valence-electron chi connectivity index (χ3n) is 3.72. The van der Waals surface area contributed by atoms with Crippen molar-refractivity contribution in [2.75, 3.05) is 27.8 Å². The van der Waals surface area contributed by atoms with Crippen molar-refractivity contribution in [1.82, 2.24) is 0 Å². The SMILES string of the molecule is C=C(C)CC(F)(F)c1c(C)c(OCOC)c(C)c(C)c1OCOC. The highest BCUT2D eigenvalue weighted by molar-refractivity contribution is 5.59. The molecule has 1 aromatic rings. The molecule has 0 bridgehead atoms. The van der Waals surface area contributed by atoms with Gasteiger partial charge in [0.15, 0.2) is 13.6 Å². The standard InChI is InChI=1S/C18H26F2O4/c1-11(2)8-18(19,20)15-14(5)16(23-9-21-6)12(3)13(4)17(15)24-10-22-7/h1,8-10H2,2-7H3. The van der Waals surface area contributed by atoms with Crippen molar-refractivity contribution in [1.29, 1.82) is 0 Å². The van der Waals surface area contributed by atoms with Gasteiger partial charge in [-0.1, -0.05) is 12.2 Å². The van der Waals surface area contributed by atoms with E-state index in [1.165, 1.54) is 14.2 Å². The van der Waals surface area contributed by atoms with E-state index < -0.39 is 12.3 Å². The third kappa shape index (κ3) is 4.45. The number of ether oxygens (including phenoxy) is 4. The van der Waals surface area contributed by atoms with Crippen LogP contribution in [0.3, 0.4) is 0 Å². The Morgan fingerprint density at radius 1 is 0.917 bits per heavy atom. The zero-order valence-corrected chi connectivity index (χ0v) is 15.2. The van der Waals surface area contributed by atoms with Crippen LogP contribution in [0.25, 0.3) is 0 Å². The van der Waals surface area contributed by atoms with Gasteiger partial charge in [-0.3, -0.25) is 0 Å². The van der Waals surface area contributed by atoms with E-state index in [1.807, 2.05) is 0 Å². The largest absolute Gasteiger partial charge is 0.467 e. The topological polar surface area (TPSA) is 36.9 Å². The van der Waals surface area contributed by atoms with Gasteiger partial charge in [0.05, 0.1) is 5.56 Å². The maximum atomic E-state index is 14.9. The van der Waals surface area contributed by atoms with Crippen molar-refractivity contribution in [3.05, 3.63) is 34.4 Å². The van der Waals surface area contributed by atoms with Gasteiger partial charge in [0, 0.05) is 26.2 Å². The molecular formula is C18H26F2O4. The molecule has 6 heteroatoms. The molecule has 0 atom stereocenters. The lowest BCUT2D eigenvalue weighted by Gasteiger charge is -2.27. The normalized spacial score (nSPS) is 11.5. The van der Waals surface area contributed by atoms with Crippen LogP contribution >= 0.6 is 0 Å². The Balaban J connectivity index is 3.60. The fraction of sp³-hybridized carbons (Fsp3) is 0.556. The van der Waals surface area contributed by atoms with Crippen molar-refractivity contribution in [3.8, 4) is 11.5 Å². The second kappa shape index (κ2) is 8.44. The minimum atomic E-state index is -3.14. The third-order valence-corrected chi connectivity index (χ3v) is 3.72. The van der Waals surface area contributed by atoms with Crippen molar-refractivity contribution in [2.45, 2.75) is 40.0 Å². The summed E-state index contributed by atoms with van der Waals surface area (Å²) < 4.78 is 50.6. The maximum absolute atomic E-state index is 14.9. The van der Waals surface area contributed by atoms with Crippen LogP contribution in [0.2, 0.25) is 0 Å². The Kier molecular flexibility index (Phi) is 7.17. The highest BCUT2D eigenvalue weighted by Crippen LogP contribution is 2.47. The summed E-state index contributed by atoms with van der Waals surface area (Å²) in [4.78, 5) is 0. The van der Waals surface area contributed by atoms with Crippen LogP contribution in [-0.4, -0.2) is 27.8 Å². The maximum Gasteiger partial charge on any atom is 0.280 e. The van der Waals surface area contributed by atoms with Gasteiger partial charge in [-0.05, 0) is 38.8 Å². The number of rotatable bonds is 9. The number of halogens is 2. The lowest BCUT2D eigenvalue weighted by atomic mass is 9.91. The smallest absolute Gasteiger partial charge is 0.280 e. The second-order valence-electron chi connectivity index (χ2n) is 5.85. The predicted molar refractivity (Wildman–Crippen MR) is 89.0 cm³/mol. The number of benzene rings is 1. The monoisotopic (exact) mass is 344 g/mol. The highest BCUT2D eigenvalue weighted by atomic mass is 19.3. The van der Waals surface area contributed by atoms with Gasteiger partial charge in [0.25, 0.3) is 5.92 Å². The van der Waals surface area contributed by atoms with E-state index in [9.17, 15) is 8.78 Å². The quantitative estimate of drug-likeness (QED) is 0.483. The number of hydrogen-bond donors (Lipinski definition) is 0. The Morgan fingerprint density at radius 3 is 1.83 bits per heavy atom. The van der Waals surface area contributed by atoms with E-state index in [0.29, 0.717) is 22.4 Å². The van der Waals surface area contributed by atoms with Crippen LogP contribution in [0.4, 0.5) is 8.78 Å². The zero-order chi connectivity index (χ0) is 18.5. The molecule has 0 saturated heterocycles. The molecule has 0 aromatic heterocycles. The molecule has 0 radical (unpaired) electrons. The molecule has 0 fully saturated rings. The minimum Gasteiger partial charge on any atom is -0.467 e. The Bertz CT molecular complexity index is 597. The van der Waals surface area contributed by atoms with Gasteiger partial charge >= 0.3 is 0 Å². The van der Waals surface area contributed by atoms with E-state index in [-0.39, 0.29) is 24.9 Å². The van der Waals surface area contributed by atoms with Crippen LogP contribution in [0.1, 0.15) is 35.6 Å². The molecule has 0 aliphatic carbocycles. The summed E-state index contributed by atoms with van der Waals surface area (Å²) >= 11 is 0. The zero-order valence-electron chi connectivity index (χ0n) is 15.2. The van der Waals surface area contributed by atoms with E-state index in [1.54, 1.807) is 27.7 Å². The fourth-order valence-electron chi connectivity index (χ4n) is 2.63. The average molecular weight is 344 g/mol. The molecule has 24 heavy (non-hydrogen) atoms. The molecular weight excluding hydrogens is 318 g/mol. The molecule has 0 aliphatic heterocycles. The van der Waals surface area contributed by atoms with Crippen molar-refractivity contribution >= 4 is 0 Å². The van der Waals surface area contributed by atoms with Crippen molar-refractivity contribution in [2.24, 2.45) is 0 Å². The van der Waals surface area contributed by atoms with Crippen molar-refractivity contribution in [3.63, 3.8) is 0 Å².